The van der Waals surface area contributed by atoms with Crippen LogP contribution in [0.2, 0.25) is 0 Å². The molecule has 86 valence electrons. The van der Waals surface area contributed by atoms with Crippen molar-refractivity contribution in [2.24, 2.45) is 0 Å². The van der Waals surface area contributed by atoms with Gasteiger partial charge < -0.3 is 0 Å². The first-order valence-electron chi connectivity index (χ1n) is 6.42. The minimum absolute atomic E-state index is 1.00. The molecule has 0 spiro atoms. The van der Waals surface area contributed by atoms with Crippen molar-refractivity contribution in [1.29, 1.82) is 0 Å². The lowest BCUT2D eigenvalue weighted by Crippen LogP contribution is -2.06. The second kappa shape index (κ2) is 4.70. The van der Waals surface area contributed by atoms with Gasteiger partial charge in [0.1, 0.15) is 0 Å². The van der Waals surface area contributed by atoms with Crippen molar-refractivity contribution in [3.05, 3.63) is 65.0 Å². The van der Waals surface area contributed by atoms with Gasteiger partial charge in [0.15, 0.2) is 0 Å². The number of hydrogen-bond acceptors (Lipinski definition) is 1. The highest BCUT2D eigenvalue weighted by Crippen LogP contribution is 2.21. The number of aromatic nitrogens is 1. The standard InChI is InChI=1S/C16H17N/c1-2-6-13(7-3-1)10-14-11-15-8-4-5-9-16(15)17-12-14/h1-3,6-7,11-12H,4-5,8-10H2. The molecule has 1 aromatic heterocycles. The number of fused-ring (bicyclic) bond motifs is 1. The van der Waals surface area contributed by atoms with Gasteiger partial charge in [0.05, 0.1) is 0 Å². The SMILES string of the molecule is c1ccc(Cc2cnc3c(c2)CCCC3)cc1. The number of aryl methyl sites for hydroxylation is 2. The molecule has 0 bridgehead atoms. The Bertz CT molecular complexity index is 502. The lowest BCUT2D eigenvalue weighted by atomic mass is 9.94. The first kappa shape index (κ1) is 10.5. The fourth-order valence-corrected chi connectivity index (χ4v) is 2.57. The molecule has 0 fully saturated rings. The minimum atomic E-state index is 1.00. The number of benzene rings is 1. The zero-order valence-electron chi connectivity index (χ0n) is 10.0. The van der Waals surface area contributed by atoms with Crippen LogP contribution in [0.1, 0.15) is 35.2 Å². The van der Waals surface area contributed by atoms with E-state index in [0.29, 0.717) is 0 Å². The van der Waals surface area contributed by atoms with Gasteiger partial charge in [-0.3, -0.25) is 4.98 Å². The van der Waals surface area contributed by atoms with E-state index in [-0.39, 0.29) is 0 Å². The Hall–Kier alpha value is -1.63. The van der Waals surface area contributed by atoms with E-state index in [9.17, 15) is 0 Å². The van der Waals surface area contributed by atoms with Crippen molar-refractivity contribution < 1.29 is 0 Å². The van der Waals surface area contributed by atoms with E-state index < -0.39 is 0 Å². The van der Waals surface area contributed by atoms with Crippen LogP contribution in [-0.2, 0) is 19.3 Å². The minimum Gasteiger partial charge on any atom is -0.261 e. The summed E-state index contributed by atoms with van der Waals surface area (Å²) >= 11 is 0. The van der Waals surface area contributed by atoms with Gasteiger partial charge in [0.2, 0.25) is 0 Å². The molecule has 0 aliphatic heterocycles. The van der Waals surface area contributed by atoms with Crippen LogP contribution < -0.4 is 0 Å². The summed E-state index contributed by atoms with van der Waals surface area (Å²) in [6.45, 7) is 0. The summed E-state index contributed by atoms with van der Waals surface area (Å²) in [6.07, 6.45) is 8.06. The highest BCUT2D eigenvalue weighted by Gasteiger charge is 2.10. The van der Waals surface area contributed by atoms with Gasteiger partial charge in [-0.1, -0.05) is 36.4 Å². The Balaban J connectivity index is 1.84. The predicted molar refractivity (Wildman–Crippen MR) is 70.1 cm³/mol. The summed E-state index contributed by atoms with van der Waals surface area (Å²) < 4.78 is 0. The van der Waals surface area contributed by atoms with E-state index in [0.717, 1.165) is 6.42 Å². The van der Waals surface area contributed by atoms with Crippen LogP contribution in [0.25, 0.3) is 0 Å². The fourth-order valence-electron chi connectivity index (χ4n) is 2.57. The highest BCUT2D eigenvalue weighted by molar-refractivity contribution is 5.31. The summed E-state index contributed by atoms with van der Waals surface area (Å²) in [4.78, 5) is 4.62. The van der Waals surface area contributed by atoms with Gasteiger partial charge in [0, 0.05) is 11.9 Å². The molecule has 1 heteroatoms. The Morgan fingerprint density at radius 2 is 1.76 bits per heavy atom. The van der Waals surface area contributed by atoms with Gasteiger partial charge in [-0.25, -0.2) is 0 Å². The third kappa shape index (κ3) is 2.38. The van der Waals surface area contributed by atoms with E-state index in [2.05, 4.69) is 47.6 Å². The normalized spacial score (nSPS) is 14.4. The summed E-state index contributed by atoms with van der Waals surface area (Å²) in [5.41, 5.74) is 5.51. The number of rotatable bonds is 2. The number of pyridine rings is 1. The lowest BCUT2D eigenvalue weighted by molar-refractivity contribution is 0.666. The Morgan fingerprint density at radius 3 is 2.65 bits per heavy atom. The van der Waals surface area contributed by atoms with E-state index in [1.807, 2.05) is 0 Å². The topological polar surface area (TPSA) is 12.9 Å². The van der Waals surface area contributed by atoms with Crippen molar-refractivity contribution in [2.75, 3.05) is 0 Å². The monoisotopic (exact) mass is 223 g/mol. The molecular weight excluding hydrogens is 206 g/mol. The van der Waals surface area contributed by atoms with Crippen LogP contribution in [-0.4, -0.2) is 4.98 Å². The number of nitrogens with zero attached hydrogens (tertiary/aromatic N) is 1. The summed E-state index contributed by atoms with van der Waals surface area (Å²) in [5.74, 6) is 0. The van der Waals surface area contributed by atoms with E-state index >= 15 is 0 Å². The zero-order valence-corrected chi connectivity index (χ0v) is 10.0. The molecule has 17 heavy (non-hydrogen) atoms. The maximum Gasteiger partial charge on any atom is 0.0435 e. The largest absolute Gasteiger partial charge is 0.261 e. The Morgan fingerprint density at radius 1 is 0.941 bits per heavy atom. The molecule has 0 atom stereocenters. The van der Waals surface area contributed by atoms with Crippen LogP contribution in [0, 0.1) is 0 Å². The van der Waals surface area contributed by atoms with E-state index in [1.165, 1.54) is 48.1 Å². The molecule has 0 saturated heterocycles. The van der Waals surface area contributed by atoms with E-state index in [4.69, 9.17) is 0 Å². The van der Waals surface area contributed by atoms with Crippen molar-refractivity contribution in [3.8, 4) is 0 Å². The van der Waals surface area contributed by atoms with Gasteiger partial charge in [-0.15, -0.1) is 0 Å². The summed E-state index contributed by atoms with van der Waals surface area (Å²) in [5, 5.41) is 0. The van der Waals surface area contributed by atoms with Crippen LogP contribution in [0.5, 0.6) is 0 Å². The smallest absolute Gasteiger partial charge is 0.0435 e. The van der Waals surface area contributed by atoms with Crippen molar-refractivity contribution in [2.45, 2.75) is 32.1 Å². The van der Waals surface area contributed by atoms with Crippen molar-refractivity contribution >= 4 is 0 Å². The zero-order chi connectivity index (χ0) is 11.5. The summed E-state index contributed by atoms with van der Waals surface area (Å²) in [7, 11) is 0. The first-order valence-corrected chi connectivity index (χ1v) is 6.42. The molecule has 0 radical (unpaired) electrons. The van der Waals surface area contributed by atoms with Crippen LogP contribution in [0.15, 0.2) is 42.6 Å². The molecule has 0 unspecified atom stereocenters. The Labute approximate surface area is 103 Å². The molecular formula is C16H17N. The summed E-state index contributed by atoms with van der Waals surface area (Å²) in [6, 6.07) is 13.0. The number of hydrogen-bond donors (Lipinski definition) is 0. The van der Waals surface area contributed by atoms with Crippen LogP contribution in [0.4, 0.5) is 0 Å². The third-order valence-electron chi connectivity index (χ3n) is 3.48. The Kier molecular flexibility index (Phi) is 2.91. The maximum absolute atomic E-state index is 4.62. The van der Waals surface area contributed by atoms with Crippen molar-refractivity contribution in [1.82, 2.24) is 4.98 Å². The van der Waals surface area contributed by atoms with Gasteiger partial charge >= 0.3 is 0 Å². The second-order valence-corrected chi connectivity index (χ2v) is 4.82. The third-order valence-corrected chi connectivity index (χ3v) is 3.48. The van der Waals surface area contributed by atoms with Crippen LogP contribution >= 0.6 is 0 Å². The highest BCUT2D eigenvalue weighted by atomic mass is 14.7. The van der Waals surface area contributed by atoms with Gasteiger partial charge in [-0.2, -0.15) is 0 Å². The quantitative estimate of drug-likeness (QED) is 0.758. The first-order chi connectivity index (χ1) is 8.42. The molecule has 1 aliphatic rings. The molecule has 0 amide bonds. The molecule has 0 N–H and O–H groups in total. The van der Waals surface area contributed by atoms with Crippen molar-refractivity contribution in [3.63, 3.8) is 0 Å². The fraction of sp³-hybridized carbons (Fsp3) is 0.312. The molecule has 1 aliphatic carbocycles. The average molecular weight is 223 g/mol. The molecule has 2 aromatic rings. The molecule has 1 heterocycles. The second-order valence-electron chi connectivity index (χ2n) is 4.82. The maximum atomic E-state index is 4.62. The molecule has 1 nitrogen and oxygen atoms in total. The molecule has 1 aromatic carbocycles. The predicted octanol–water partition coefficient (Wildman–Crippen LogP) is 3.55. The van der Waals surface area contributed by atoms with Crippen LogP contribution in [0.3, 0.4) is 0 Å². The molecule has 3 rings (SSSR count). The van der Waals surface area contributed by atoms with Gasteiger partial charge in [-0.05, 0) is 48.8 Å². The van der Waals surface area contributed by atoms with E-state index in [1.54, 1.807) is 0 Å². The van der Waals surface area contributed by atoms with Gasteiger partial charge in [0.25, 0.3) is 0 Å². The average Bonchev–Trinajstić information content (AvgIpc) is 2.40. The lowest BCUT2D eigenvalue weighted by Gasteiger charge is -2.15. The molecule has 0 saturated carbocycles.